The van der Waals surface area contributed by atoms with E-state index in [1.165, 1.54) is 0 Å². The van der Waals surface area contributed by atoms with Gasteiger partial charge in [-0.05, 0) is 40.2 Å². The molecule has 26 heavy (non-hydrogen) atoms. The molecule has 1 aliphatic rings. The zero-order valence-electron chi connectivity index (χ0n) is 16.1. The number of hydrogen-bond donors (Lipinski definition) is 0. The lowest BCUT2D eigenvalue weighted by atomic mass is 10.2. The molecule has 2 aromatic rings. The Labute approximate surface area is 155 Å². The quantitative estimate of drug-likeness (QED) is 0.842. The van der Waals surface area contributed by atoms with Crippen LogP contribution in [0.15, 0.2) is 24.7 Å². The van der Waals surface area contributed by atoms with Crippen molar-refractivity contribution in [2.75, 3.05) is 26.2 Å². The molecule has 3 heterocycles. The number of carbonyl (C=O) groups is 1. The molecule has 1 unspecified atom stereocenters. The Morgan fingerprint density at radius 1 is 1.08 bits per heavy atom. The van der Waals surface area contributed by atoms with Crippen LogP contribution in [0.1, 0.15) is 61.2 Å². The number of rotatable bonds is 4. The number of carbonyl (C=O) groups excluding carboxylic acids is 1. The Bertz CT molecular complexity index is 742. The molecular weight excluding hydrogens is 328 g/mol. The van der Waals surface area contributed by atoms with E-state index in [4.69, 9.17) is 0 Å². The summed E-state index contributed by atoms with van der Waals surface area (Å²) in [6.07, 6.45) is 6.21. The van der Waals surface area contributed by atoms with Crippen molar-refractivity contribution in [1.82, 2.24) is 29.5 Å². The monoisotopic (exact) mass is 356 g/mol. The van der Waals surface area contributed by atoms with Gasteiger partial charge in [0.15, 0.2) is 0 Å². The van der Waals surface area contributed by atoms with Gasteiger partial charge in [0, 0.05) is 50.3 Å². The van der Waals surface area contributed by atoms with Crippen molar-refractivity contribution >= 4 is 5.91 Å². The second kappa shape index (κ2) is 7.95. The number of nitrogens with zero attached hydrogens (tertiary/aromatic N) is 6. The molecule has 1 aliphatic heterocycles. The number of hydrogen-bond acceptors (Lipinski definition) is 5. The van der Waals surface area contributed by atoms with Gasteiger partial charge in [0.05, 0.1) is 17.8 Å². The van der Waals surface area contributed by atoms with Gasteiger partial charge < -0.3 is 4.90 Å². The third-order valence-corrected chi connectivity index (χ3v) is 5.09. The Kier molecular flexibility index (Phi) is 5.66. The highest BCUT2D eigenvalue weighted by atomic mass is 16.2. The summed E-state index contributed by atoms with van der Waals surface area (Å²) in [7, 11) is 0. The summed E-state index contributed by atoms with van der Waals surface area (Å²) in [6.45, 7) is 11.5. The summed E-state index contributed by atoms with van der Waals surface area (Å²) in [6, 6.07) is 2.23. The number of aromatic nitrogens is 4. The van der Waals surface area contributed by atoms with Gasteiger partial charge in [-0.1, -0.05) is 0 Å². The van der Waals surface area contributed by atoms with Crippen molar-refractivity contribution in [3.8, 4) is 0 Å². The van der Waals surface area contributed by atoms with Crippen molar-refractivity contribution in [2.45, 2.75) is 46.2 Å². The first-order valence-corrected chi connectivity index (χ1v) is 9.33. The minimum Gasteiger partial charge on any atom is -0.337 e. The van der Waals surface area contributed by atoms with E-state index >= 15 is 0 Å². The second-order valence-electron chi connectivity index (χ2n) is 7.15. The largest absolute Gasteiger partial charge is 0.337 e. The molecule has 0 bridgehead atoms. The molecule has 0 N–H and O–H groups in total. The van der Waals surface area contributed by atoms with Gasteiger partial charge in [-0.3, -0.25) is 14.4 Å². The summed E-state index contributed by atoms with van der Waals surface area (Å²) in [4.78, 5) is 26.0. The van der Waals surface area contributed by atoms with Gasteiger partial charge in [0.25, 0.3) is 5.91 Å². The van der Waals surface area contributed by atoms with E-state index in [0.717, 1.165) is 37.6 Å². The molecule has 140 valence electrons. The van der Waals surface area contributed by atoms with Gasteiger partial charge in [0.2, 0.25) is 0 Å². The molecule has 1 atom stereocenters. The van der Waals surface area contributed by atoms with Crippen molar-refractivity contribution in [3.63, 3.8) is 0 Å². The normalized spacial score (nSPS) is 17.3. The highest BCUT2D eigenvalue weighted by molar-refractivity contribution is 5.95. The van der Waals surface area contributed by atoms with Gasteiger partial charge in [-0.15, -0.1) is 0 Å². The van der Waals surface area contributed by atoms with E-state index in [-0.39, 0.29) is 18.0 Å². The number of amides is 1. The van der Waals surface area contributed by atoms with Gasteiger partial charge in [-0.25, -0.2) is 9.97 Å². The Hall–Kier alpha value is -2.28. The Balaban J connectivity index is 1.68. The van der Waals surface area contributed by atoms with Crippen LogP contribution >= 0.6 is 0 Å². The smallest absolute Gasteiger partial charge is 0.257 e. The lowest BCUT2D eigenvalue weighted by molar-refractivity contribution is 0.0757. The Morgan fingerprint density at radius 3 is 2.46 bits per heavy atom. The molecule has 0 saturated carbocycles. The molecule has 0 radical (unpaired) electrons. The van der Waals surface area contributed by atoms with E-state index in [0.29, 0.717) is 12.1 Å². The van der Waals surface area contributed by atoms with Crippen LogP contribution < -0.4 is 0 Å². The average molecular weight is 356 g/mol. The van der Waals surface area contributed by atoms with Gasteiger partial charge in [0.1, 0.15) is 5.82 Å². The van der Waals surface area contributed by atoms with Crippen LogP contribution in [0.4, 0.5) is 0 Å². The van der Waals surface area contributed by atoms with E-state index in [9.17, 15) is 4.79 Å². The Morgan fingerprint density at radius 2 is 1.81 bits per heavy atom. The molecule has 0 aliphatic carbocycles. The molecule has 1 fully saturated rings. The molecule has 2 aromatic heterocycles. The molecule has 7 heteroatoms. The highest BCUT2D eigenvalue weighted by Crippen LogP contribution is 2.20. The molecular formula is C19H28N6O. The maximum Gasteiger partial charge on any atom is 0.257 e. The molecule has 0 spiro atoms. The molecule has 3 rings (SSSR count). The fourth-order valence-electron chi connectivity index (χ4n) is 3.54. The maximum atomic E-state index is 13.0. The fourth-order valence-corrected chi connectivity index (χ4v) is 3.54. The molecule has 1 amide bonds. The van der Waals surface area contributed by atoms with E-state index in [1.807, 2.05) is 22.6 Å². The van der Waals surface area contributed by atoms with Crippen molar-refractivity contribution < 1.29 is 4.79 Å². The van der Waals surface area contributed by atoms with Crippen LogP contribution in [0.2, 0.25) is 0 Å². The topological polar surface area (TPSA) is 67.2 Å². The van der Waals surface area contributed by atoms with Crippen LogP contribution in [0.3, 0.4) is 0 Å². The maximum absolute atomic E-state index is 13.0. The minimum absolute atomic E-state index is 0.0832. The summed E-state index contributed by atoms with van der Waals surface area (Å²) >= 11 is 0. The predicted octanol–water partition coefficient (Wildman–Crippen LogP) is 2.47. The minimum atomic E-state index is 0.0832. The average Bonchev–Trinajstić information content (AvgIpc) is 2.88. The standard InChI is InChI=1S/C19H28N6O/c1-14(2)25-15(3)17(13-22-25)19(26)24-10-6-9-23(11-12-24)16(4)18-20-7-5-8-21-18/h5,7-8,13-14,16H,6,9-12H2,1-4H3. The van der Waals surface area contributed by atoms with Gasteiger partial charge in [-0.2, -0.15) is 5.10 Å². The summed E-state index contributed by atoms with van der Waals surface area (Å²) < 4.78 is 1.91. The van der Waals surface area contributed by atoms with E-state index < -0.39 is 0 Å². The first kappa shape index (κ1) is 18.5. The SMILES string of the molecule is Cc1c(C(=O)N2CCCN(C(C)c3ncccn3)CC2)cnn1C(C)C. The van der Waals surface area contributed by atoms with Crippen LogP contribution in [-0.2, 0) is 0 Å². The third-order valence-electron chi connectivity index (χ3n) is 5.09. The zero-order valence-corrected chi connectivity index (χ0v) is 16.1. The van der Waals surface area contributed by atoms with E-state index in [2.05, 4.69) is 40.7 Å². The first-order valence-electron chi connectivity index (χ1n) is 9.33. The van der Waals surface area contributed by atoms with Crippen molar-refractivity contribution in [2.24, 2.45) is 0 Å². The fraction of sp³-hybridized carbons (Fsp3) is 0.579. The summed E-state index contributed by atoms with van der Waals surface area (Å²) in [5, 5.41) is 4.38. The third kappa shape index (κ3) is 3.77. The van der Waals surface area contributed by atoms with Crippen LogP contribution in [0.25, 0.3) is 0 Å². The summed E-state index contributed by atoms with van der Waals surface area (Å²) in [5.41, 5.74) is 1.66. The highest BCUT2D eigenvalue weighted by Gasteiger charge is 2.26. The predicted molar refractivity (Wildman–Crippen MR) is 99.9 cm³/mol. The van der Waals surface area contributed by atoms with Crippen LogP contribution in [0, 0.1) is 6.92 Å². The van der Waals surface area contributed by atoms with Crippen molar-refractivity contribution in [3.05, 3.63) is 41.7 Å². The van der Waals surface area contributed by atoms with Gasteiger partial charge >= 0.3 is 0 Å². The zero-order chi connectivity index (χ0) is 18.7. The van der Waals surface area contributed by atoms with E-state index in [1.54, 1.807) is 18.6 Å². The molecule has 1 saturated heterocycles. The van der Waals surface area contributed by atoms with Crippen LogP contribution in [0.5, 0.6) is 0 Å². The molecule has 0 aromatic carbocycles. The summed E-state index contributed by atoms with van der Waals surface area (Å²) in [5.74, 6) is 0.918. The molecule has 7 nitrogen and oxygen atoms in total. The first-order chi connectivity index (χ1) is 12.5. The lowest BCUT2D eigenvalue weighted by Gasteiger charge is -2.26. The second-order valence-corrected chi connectivity index (χ2v) is 7.15. The lowest BCUT2D eigenvalue weighted by Crippen LogP contribution is -2.36. The van der Waals surface area contributed by atoms with Crippen molar-refractivity contribution in [1.29, 1.82) is 0 Å². The van der Waals surface area contributed by atoms with Crippen LogP contribution in [-0.4, -0.2) is 61.6 Å².